The quantitative estimate of drug-likeness (QED) is 0.684. The number of hydrogen-bond donors (Lipinski definition) is 1. The van der Waals surface area contributed by atoms with Crippen molar-refractivity contribution in [1.82, 2.24) is 10.2 Å². The highest BCUT2D eigenvalue weighted by atomic mass is 16.5. The molecule has 1 saturated heterocycles. The summed E-state index contributed by atoms with van der Waals surface area (Å²) < 4.78 is 5.04. The maximum Gasteiger partial charge on any atom is 0.0587 e. The molecule has 0 amide bonds. The van der Waals surface area contributed by atoms with E-state index in [2.05, 4.69) is 31.1 Å². The minimum Gasteiger partial charge on any atom is -0.383 e. The average molecular weight is 200 g/mol. The largest absolute Gasteiger partial charge is 0.383 e. The van der Waals surface area contributed by atoms with Gasteiger partial charge in [-0.25, -0.2) is 0 Å². The van der Waals surface area contributed by atoms with Crippen molar-refractivity contribution < 1.29 is 4.74 Å². The van der Waals surface area contributed by atoms with E-state index in [1.807, 2.05) is 0 Å². The van der Waals surface area contributed by atoms with Crippen LogP contribution in [0.4, 0.5) is 0 Å². The van der Waals surface area contributed by atoms with Gasteiger partial charge in [-0.05, 0) is 26.3 Å². The topological polar surface area (TPSA) is 24.5 Å². The molecule has 1 rings (SSSR count). The summed E-state index contributed by atoms with van der Waals surface area (Å²) in [5, 5.41) is 3.57. The van der Waals surface area contributed by atoms with Crippen molar-refractivity contribution in [2.45, 2.75) is 32.4 Å². The predicted molar refractivity (Wildman–Crippen MR) is 59.5 cm³/mol. The number of nitrogens with zero attached hydrogens (tertiary/aromatic N) is 1. The zero-order valence-electron chi connectivity index (χ0n) is 9.92. The number of likely N-dealkylation sites (tertiary alicyclic amines) is 1. The van der Waals surface area contributed by atoms with E-state index in [-0.39, 0.29) is 0 Å². The van der Waals surface area contributed by atoms with Gasteiger partial charge in [-0.3, -0.25) is 0 Å². The van der Waals surface area contributed by atoms with Gasteiger partial charge in [0.2, 0.25) is 0 Å². The van der Waals surface area contributed by atoms with Gasteiger partial charge in [0, 0.05) is 32.3 Å². The number of piperidine rings is 1. The summed E-state index contributed by atoms with van der Waals surface area (Å²) >= 11 is 0. The van der Waals surface area contributed by atoms with Crippen molar-refractivity contribution in [1.29, 1.82) is 0 Å². The third-order valence-corrected chi connectivity index (χ3v) is 3.32. The molecule has 1 N–H and O–H groups in total. The number of nitrogens with one attached hydrogen (secondary N) is 1. The highest BCUT2D eigenvalue weighted by Crippen LogP contribution is 2.20. The smallest absolute Gasteiger partial charge is 0.0587 e. The first-order valence-corrected chi connectivity index (χ1v) is 5.57. The van der Waals surface area contributed by atoms with Crippen LogP contribution >= 0.6 is 0 Å². The zero-order chi connectivity index (χ0) is 10.6. The van der Waals surface area contributed by atoms with Crippen LogP contribution in [-0.4, -0.2) is 50.8 Å². The molecule has 1 aliphatic heterocycles. The van der Waals surface area contributed by atoms with Crippen molar-refractivity contribution in [3.63, 3.8) is 0 Å². The van der Waals surface area contributed by atoms with Crippen LogP contribution in [-0.2, 0) is 4.74 Å². The van der Waals surface area contributed by atoms with Crippen molar-refractivity contribution in [3.05, 3.63) is 0 Å². The maximum atomic E-state index is 5.04. The van der Waals surface area contributed by atoms with E-state index in [0.717, 1.165) is 19.1 Å². The first kappa shape index (κ1) is 12.0. The van der Waals surface area contributed by atoms with Crippen LogP contribution in [0.25, 0.3) is 0 Å². The minimum absolute atomic E-state index is 0.663. The summed E-state index contributed by atoms with van der Waals surface area (Å²) in [5.74, 6) is 0.744. The molecular formula is C11H24N2O. The number of rotatable bonds is 4. The molecule has 14 heavy (non-hydrogen) atoms. The van der Waals surface area contributed by atoms with Gasteiger partial charge in [0.25, 0.3) is 0 Å². The summed E-state index contributed by atoms with van der Waals surface area (Å²) in [6.07, 6.45) is 1.25. The Morgan fingerprint density at radius 2 is 2.14 bits per heavy atom. The lowest BCUT2D eigenvalue weighted by molar-refractivity contribution is 0.114. The Balaban J connectivity index is 2.29. The lowest BCUT2D eigenvalue weighted by Gasteiger charge is -2.40. The van der Waals surface area contributed by atoms with Crippen LogP contribution in [0.2, 0.25) is 0 Å². The monoisotopic (exact) mass is 200 g/mol. The molecule has 0 bridgehead atoms. The third kappa shape index (κ3) is 3.23. The van der Waals surface area contributed by atoms with Crippen LogP contribution < -0.4 is 5.32 Å². The first-order chi connectivity index (χ1) is 6.65. The van der Waals surface area contributed by atoms with E-state index in [1.54, 1.807) is 7.11 Å². The Labute approximate surface area is 87.8 Å². The Hall–Kier alpha value is -0.120. The molecule has 3 unspecified atom stereocenters. The van der Waals surface area contributed by atoms with Gasteiger partial charge in [0.05, 0.1) is 6.61 Å². The average Bonchev–Trinajstić information content (AvgIpc) is 2.14. The molecule has 3 heteroatoms. The van der Waals surface area contributed by atoms with Gasteiger partial charge >= 0.3 is 0 Å². The van der Waals surface area contributed by atoms with Crippen molar-refractivity contribution in [2.24, 2.45) is 5.92 Å². The van der Waals surface area contributed by atoms with Gasteiger partial charge in [-0.1, -0.05) is 6.92 Å². The van der Waals surface area contributed by atoms with Crippen LogP contribution in [0.5, 0.6) is 0 Å². The molecule has 0 aliphatic carbocycles. The molecule has 84 valence electrons. The zero-order valence-corrected chi connectivity index (χ0v) is 9.92. The van der Waals surface area contributed by atoms with E-state index < -0.39 is 0 Å². The molecule has 3 nitrogen and oxygen atoms in total. The molecule has 1 heterocycles. The molecule has 0 saturated carbocycles. The molecule has 0 aromatic carbocycles. The first-order valence-electron chi connectivity index (χ1n) is 5.57. The Morgan fingerprint density at radius 3 is 2.79 bits per heavy atom. The fourth-order valence-corrected chi connectivity index (χ4v) is 2.17. The lowest BCUT2D eigenvalue weighted by Crippen LogP contribution is -2.51. The summed E-state index contributed by atoms with van der Waals surface area (Å²) in [7, 11) is 3.97. The van der Waals surface area contributed by atoms with Gasteiger partial charge in [0.1, 0.15) is 0 Å². The number of ether oxygens (including phenoxy) is 1. The Kier molecular flexibility index (Phi) is 4.85. The molecule has 0 aromatic heterocycles. The number of hydrogen-bond acceptors (Lipinski definition) is 3. The molecule has 3 atom stereocenters. The SMILES string of the molecule is COCCNC1CC(C)N(C)CC1C. The predicted octanol–water partition coefficient (Wildman–Crippen LogP) is 0.951. The van der Waals surface area contributed by atoms with Gasteiger partial charge < -0.3 is 15.0 Å². The summed E-state index contributed by atoms with van der Waals surface area (Å²) in [6, 6.07) is 1.36. The maximum absolute atomic E-state index is 5.04. The summed E-state index contributed by atoms with van der Waals surface area (Å²) in [4.78, 5) is 2.44. The summed E-state index contributed by atoms with van der Waals surface area (Å²) in [6.45, 7) is 7.62. The van der Waals surface area contributed by atoms with Gasteiger partial charge in [-0.2, -0.15) is 0 Å². The molecular weight excluding hydrogens is 176 g/mol. The molecule has 0 spiro atoms. The van der Waals surface area contributed by atoms with Gasteiger partial charge in [-0.15, -0.1) is 0 Å². The minimum atomic E-state index is 0.663. The Morgan fingerprint density at radius 1 is 1.43 bits per heavy atom. The molecule has 1 aliphatic rings. The lowest BCUT2D eigenvalue weighted by atomic mass is 9.90. The fourth-order valence-electron chi connectivity index (χ4n) is 2.17. The van der Waals surface area contributed by atoms with E-state index in [9.17, 15) is 0 Å². The van der Waals surface area contributed by atoms with E-state index >= 15 is 0 Å². The summed E-state index contributed by atoms with van der Waals surface area (Å²) in [5.41, 5.74) is 0. The van der Waals surface area contributed by atoms with Crippen molar-refractivity contribution >= 4 is 0 Å². The molecule has 0 radical (unpaired) electrons. The normalized spacial score (nSPS) is 34.7. The second-order valence-corrected chi connectivity index (χ2v) is 4.55. The second kappa shape index (κ2) is 5.69. The third-order valence-electron chi connectivity index (χ3n) is 3.32. The van der Waals surface area contributed by atoms with Crippen molar-refractivity contribution in [2.75, 3.05) is 33.9 Å². The van der Waals surface area contributed by atoms with Crippen LogP contribution in [0.15, 0.2) is 0 Å². The van der Waals surface area contributed by atoms with Crippen LogP contribution in [0.3, 0.4) is 0 Å². The van der Waals surface area contributed by atoms with Crippen molar-refractivity contribution in [3.8, 4) is 0 Å². The Bertz CT molecular complexity index is 163. The fraction of sp³-hybridized carbons (Fsp3) is 1.00. The second-order valence-electron chi connectivity index (χ2n) is 4.55. The number of methoxy groups -OCH3 is 1. The highest BCUT2D eigenvalue weighted by Gasteiger charge is 2.27. The molecule has 1 fully saturated rings. The van der Waals surface area contributed by atoms with E-state index in [4.69, 9.17) is 4.74 Å². The highest BCUT2D eigenvalue weighted by molar-refractivity contribution is 4.85. The van der Waals surface area contributed by atoms with E-state index in [0.29, 0.717) is 12.1 Å². The molecule has 0 aromatic rings. The van der Waals surface area contributed by atoms with Crippen LogP contribution in [0.1, 0.15) is 20.3 Å². The van der Waals surface area contributed by atoms with E-state index in [1.165, 1.54) is 13.0 Å². The standard InChI is InChI=1S/C11H24N2O/c1-9-8-13(3)10(2)7-11(9)12-5-6-14-4/h9-12H,5-8H2,1-4H3. The van der Waals surface area contributed by atoms with Crippen LogP contribution in [0, 0.1) is 5.92 Å². The van der Waals surface area contributed by atoms with Gasteiger partial charge in [0.15, 0.2) is 0 Å².